The summed E-state index contributed by atoms with van der Waals surface area (Å²) in [5, 5.41) is 0. The van der Waals surface area contributed by atoms with Gasteiger partial charge in [-0.2, -0.15) is 0 Å². The molecule has 0 amide bonds. The van der Waals surface area contributed by atoms with Crippen molar-refractivity contribution in [1.29, 1.82) is 0 Å². The fraction of sp³-hybridized carbons (Fsp3) is 0.385. The average Bonchev–Trinajstić information content (AvgIpc) is 2.66. The van der Waals surface area contributed by atoms with E-state index in [0.717, 1.165) is 23.3 Å². The van der Waals surface area contributed by atoms with Gasteiger partial charge in [-0.1, -0.05) is 6.92 Å². The fourth-order valence-corrected chi connectivity index (χ4v) is 1.90. The summed E-state index contributed by atoms with van der Waals surface area (Å²) >= 11 is 0. The first-order chi connectivity index (χ1) is 8.17. The van der Waals surface area contributed by atoms with Crippen LogP contribution in [0.1, 0.15) is 30.0 Å². The molecule has 90 valence electrons. The third-order valence-corrected chi connectivity index (χ3v) is 2.80. The summed E-state index contributed by atoms with van der Waals surface area (Å²) in [7, 11) is 1.96. The van der Waals surface area contributed by atoms with Crippen molar-refractivity contribution in [2.75, 3.05) is 6.61 Å². The van der Waals surface area contributed by atoms with E-state index >= 15 is 0 Å². The first-order valence-electron chi connectivity index (χ1n) is 5.79. The Morgan fingerprint density at radius 2 is 2.18 bits per heavy atom. The first-order valence-corrected chi connectivity index (χ1v) is 5.79. The van der Waals surface area contributed by atoms with Crippen LogP contribution in [0.2, 0.25) is 0 Å². The van der Waals surface area contributed by atoms with Crippen LogP contribution in [0.15, 0.2) is 18.2 Å². The molecule has 17 heavy (non-hydrogen) atoms. The van der Waals surface area contributed by atoms with E-state index in [1.807, 2.05) is 23.7 Å². The molecule has 0 saturated heterocycles. The SMILES string of the molecule is CCOC(=O)c1ccc2nc(CC)n(C)c2c1. The van der Waals surface area contributed by atoms with Gasteiger partial charge in [-0.05, 0) is 25.1 Å². The Balaban J connectivity index is 2.49. The van der Waals surface area contributed by atoms with E-state index in [-0.39, 0.29) is 5.97 Å². The quantitative estimate of drug-likeness (QED) is 0.763. The summed E-state index contributed by atoms with van der Waals surface area (Å²) in [6.45, 7) is 4.26. The summed E-state index contributed by atoms with van der Waals surface area (Å²) in [6, 6.07) is 5.45. The molecule has 4 nitrogen and oxygen atoms in total. The van der Waals surface area contributed by atoms with E-state index in [4.69, 9.17) is 4.74 Å². The lowest BCUT2D eigenvalue weighted by molar-refractivity contribution is 0.0526. The number of benzene rings is 1. The van der Waals surface area contributed by atoms with Gasteiger partial charge in [0.25, 0.3) is 0 Å². The number of ether oxygens (including phenoxy) is 1. The number of nitrogens with zero attached hydrogens (tertiary/aromatic N) is 2. The van der Waals surface area contributed by atoms with Crippen molar-refractivity contribution in [1.82, 2.24) is 9.55 Å². The average molecular weight is 232 g/mol. The number of carbonyl (C=O) groups excluding carboxylic acids is 1. The Labute approximate surface area is 100 Å². The minimum absolute atomic E-state index is 0.284. The van der Waals surface area contributed by atoms with Crippen molar-refractivity contribution in [3.63, 3.8) is 0 Å². The zero-order chi connectivity index (χ0) is 12.4. The highest BCUT2D eigenvalue weighted by molar-refractivity contribution is 5.93. The topological polar surface area (TPSA) is 44.1 Å². The number of aromatic nitrogens is 2. The lowest BCUT2D eigenvalue weighted by Crippen LogP contribution is -2.04. The maximum atomic E-state index is 11.6. The van der Waals surface area contributed by atoms with Gasteiger partial charge in [-0.3, -0.25) is 0 Å². The molecule has 0 saturated carbocycles. The Hall–Kier alpha value is -1.84. The van der Waals surface area contributed by atoms with E-state index in [9.17, 15) is 4.79 Å². The minimum atomic E-state index is -0.284. The van der Waals surface area contributed by atoms with Gasteiger partial charge in [-0.25, -0.2) is 9.78 Å². The summed E-state index contributed by atoms with van der Waals surface area (Å²) in [6.07, 6.45) is 0.875. The van der Waals surface area contributed by atoms with Gasteiger partial charge in [-0.15, -0.1) is 0 Å². The maximum Gasteiger partial charge on any atom is 0.338 e. The Kier molecular flexibility index (Phi) is 3.13. The molecule has 1 heterocycles. The number of hydrogen-bond donors (Lipinski definition) is 0. The molecule has 0 N–H and O–H groups in total. The van der Waals surface area contributed by atoms with Gasteiger partial charge in [0.2, 0.25) is 0 Å². The zero-order valence-electron chi connectivity index (χ0n) is 10.4. The number of rotatable bonds is 3. The minimum Gasteiger partial charge on any atom is -0.462 e. The molecule has 4 heteroatoms. The Morgan fingerprint density at radius 3 is 2.82 bits per heavy atom. The Bertz CT molecular complexity index is 558. The molecule has 0 aliphatic carbocycles. The monoisotopic (exact) mass is 232 g/mol. The lowest BCUT2D eigenvalue weighted by atomic mass is 10.2. The van der Waals surface area contributed by atoms with Gasteiger partial charge < -0.3 is 9.30 Å². The second-order valence-corrected chi connectivity index (χ2v) is 3.86. The van der Waals surface area contributed by atoms with Crippen molar-refractivity contribution in [2.24, 2.45) is 7.05 Å². The molecular weight excluding hydrogens is 216 g/mol. The number of imidazole rings is 1. The summed E-state index contributed by atoms with van der Waals surface area (Å²) in [5.74, 6) is 0.731. The number of aryl methyl sites for hydroxylation is 2. The molecule has 0 spiro atoms. The van der Waals surface area contributed by atoms with Crippen molar-refractivity contribution in [2.45, 2.75) is 20.3 Å². The molecule has 0 radical (unpaired) electrons. The van der Waals surface area contributed by atoms with Crippen LogP contribution in [-0.2, 0) is 18.2 Å². The van der Waals surface area contributed by atoms with Gasteiger partial charge >= 0.3 is 5.97 Å². The van der Waals surface area contributed by atoms with Gasteiger partial charge in [0.15, 0.2) is 0 Å². The van der Waals surface area contributed by atoms with Crippen molar-refractivity contribution >= 4 is 17.0 Å². The molecule has 1 aromatic carbocycles. The van der Waals surface area contributed by atoms with Crippen LogP contribution in [-0.4, -0.2) is 22.1 Å². The highest BCUT2D eigenvalue weighted by Crippen LogP contribution is 2.17. The largest absolute Gasteiger partial charge is 0.462 e. The number of carbonyl (C=O) groups is 1. The van der Waals surface area contributed by atoms with Crippen LogP contribution in [0.5, 0.6) is 0 Å². The molecule has 0 unspecified atom stereocenters. The maximum absolute atomic E-state index is 11.6. The highest BCUT2D eigenvalue weighted by atomic mass is 16.5. The number of fused-ring (bicyclic) bond motifs is 1. The predicted molar refractivity (Wildman–Crippen MR) is 66.0 cm³/mol. The van der Waals surface area contributed by atoms with Gasteiger partial charge in [0, 0.05) is 13.5 Å². The first kappa shape index (κ1) is 11.6. The van der Waals surface area contributed by atoms with Crippen LogP contribution in [0.25, 0.3) is 11.0 Å². The molecule has 1 aromatic heterocycles. The molecule has 0 atom stereocenters. The summed E-state index contributed by atoms with van der Waals surface area (Å²) in [4.78, 5) is 16.1. The van der Waals surface area contributed by atoms with Gasteiger partial charge in [0.1, 0.15) is 5.82 Å². The van der Waals surface area contributed by atoms with E-state index in [1.54, 1.807) is 13.0 Å². The van der Waals surface area contributed by atoms with Crippen LogP contribution < -0.4 is 0 Å². The van der Waals surface area contributed by atoms with Crippen molar-refractivity contribution in [3.05, 3.63) is 29.6 Å². The van der Waals surface area contributed by atoms with Crippen LogP contribution in [0, 0.1) is 0 Å². The third kappa shape index (κ3) is 2.02. The molecule has 0 aliphatic heterocycles. The summed E-state index contributed by atoms with van der Waals surface area (Å²) in [5.41, 5.74) is 2.45. The van der Waals surface area contributed by atoms with Crippen molar-refractivity contribution in [3.8, 4) is 0 Å². The molecule has 2 aromatic rings. The summed E-state index contributed by atoms with van der Waals surface area (Å²) < 4.78 is 6.99. The molecule has 0 aliphatic rings. The second kappa shape index (κ2) is 4.57. The van der Waals surface area contributed by atoms with E-state index in [1.165, 1.54) is 0 Å². The zero-order valence-corrected chi connectivity index (χ0v) is 10.4. The standard InChI is InChI=1S/C13H16N2O2/c1-4-12-14-10-7-6-9(13(16)17-5-2)8-11(10)15(12)3/h6-8H,4-5H2,1-3H3. The van der Waals surface area contributed by atoms with Crippen molar-refractivity contribution < 1.29 is 9.53 Å². The van der Waals surface area contributed by atoms with Crippen LogP contribution in [0.4, 0.5) is 0 Å². The molecule has 0 fully saturated rings. The van der Waals surface area contributed by atoms with E-state index in [0.29, 0.717) is 12.2 Å². The van der Waals surface area contributed by atoms with Crippen LogP contribution >= 0.6 is 0 Å². The lowest BCUT2D eigenvalue weighted by Gasteiger charge is -2.02. The van der Waals surface area contributed by atoms with Crippen LogP contribution in [0.3, 0.4) is 0 Å². The number of hydrogen-bond acceptors (Lipinski definition) is 3. The Morgan fingerprint density at radius 1 is 1.41 bits per heavy atom. The van der Waals surface area contributed by atoms with E-state index in [2.05, 4.69) is 11.9 Å². The third-order valence-electron chi connectivity index (χ3n) is 2.80. The number of esters is 1. The fourth-order valence-electron chi connectivity index (χ4n) is 1.90. The molecular formula is C13H16N2O2. The smallest absolute Gasteiger partial charge is 0.338 e. The van der Waals surface area contributed by atoms with Gasteiger partial charge in [0.05, 0.1) is 23.2 Å². The molecule has 0 bridgehead atoms. The second-order valence-electron chi connectivity index (χ2n) is 3.86. The van der Waals surface area contributed by atoms with E-state index < -0.39 is 0 Å². The highest BCUT2D eigenvalue weighted by Gasteiger charge is 2.11. The predicted octanol–water partition coefficient (Wildman–Crippen LogP) is 2.31. The normalized spacial score (nSPS) is 10.8. The molecule has 2 rings (SSSR count).